The zero-order chi connectivity index (χ0) is 99.8. The Morgan fingerprint density at radius 1 is 0.372 bits per heavy atom. The van der Waals surface area contributed by atoms with Gasteiger partial charge in [-0.25, -0.2) is 47.5 Å². The molecule has 0 spiro atoms. The lowest BCUT2D eigenvalue weighted by Crippen LogP contribution is -2.58. The van der Waals surface area contributed by atoms with E-state index in [9.17, 15) is 25.5 Å². The minimum atomic E-state index is -2.12. The number of nitrogen functional groups attached to an aromatic ring is 5. The third-order valence-electron chi connectivity index (χ3n) is 29.7. The maximum Gasteiger partial charge on any atom is 0.243 e. The van der Waals surface area contributed by atoms with Gasteiger partial charge >= 0.3 is 0 Å². The molecular weight excluding hydrogens is 1800 g/mol. The lowest BCUT2D eigenvalue weighted by molar-refractivity contribution is -0.310. The van der Waals surface area contributed by atoms with Crippen LogP contribution in [-0.2, 0) is 99.4 Å². The molecule has 0 amide bonds. The van der Waals surface area contributed by atoms with Crippen molar-refractivity contribution in [1.29, 1.82) is 0 Å². The third-order valence-corrected chi connectivity index (χ3v) is 39.1. The van der Waals surface area contributed by atoms with E-state index in [1.165, 1.54) is 49.7 Å². The summed E-state index contributed by atoms with van der Waals surface area (Å²) in [6.07, 6.45) is 12.6. The van der Waals surface area contributed by atoms with E-state index in [1.807, 2.05) is 115 Å². The largest absolute Gasteiger partial charge is 0.414 e. The second-order valence-corrected chi connectivity index (χ2v) is 48.2. The molecule has 0 radical (unpaired) electrons. The van der Waals surface area contributed by atoms with Crippen LogP contribution in [0.25, 0.3) is 27.6 Å². The van der Waals surface area contributed by atoms with Crippen LogP contribution in [-0.4, -0.2) is 236 Å². The van der Waals surface area contributed by atoms with Gasteiger partial charge in [0.05, 0.1) is 56.9 Å². The maximum absolute atomic E-state index is 12.5. The fourth-order valence-corrected chi connectivity index (χ4v) is 27.4. The molecule has 20 atom stereocenters. The van der Waals surface area contributed by atoms with Gasteiger partial charge in [-0.1, -0.05) is 87.5 Å². The van der Waals surface area contributed by atoms with E-state index in [-0.39, 0.29) is 49.5 Å². The predicted octanol–water partition coefficient (Wildman–Crippen LogP) is 11.4. The summed E-state index contributed by atoms with van der Waals surface area (Å²) in [4.78, 5) is 20.0. The van der Waals surface area contributed by atoms with E-state index in [0.717, 1.165) is 42.7 Å². The lowest BCUT2D eigenvalue weighted by atomic mass is 9.78. The van der Waals surface area contributed by atoms with Crippen LogP contribution < -0.4 is 28.7 Å². The molecule has 8 saturated heterocycles. The average molecular weight is 1940 g/mol. The van der Waals surface area contributed by atoms with Gasteiger partial charge in [0, 0.05) is 11.8 Å². The molecule has 0 saturated carbocycles. The molecule has 8 aliphatic heterocycles. The van der Waals surface area contributed by atoms with Crippen LogP contribution >= 0.6 is 0 Å². The zero-order valence-corrected chi connectivity index (χ0v) is 84.8. The second kappa shape index (κ2) is 38.4. The molecule has 8 fully saturated rings. The molecule has 40 nitrogen and oxygen atoms in total. The smallest absolute Gasteiger partial charge is 0.243 e. The number of aromatic nitrogens is 15. The molecule has 750 valence electrons. The van der Waals surface area contributed by atoms with Gasteiger partial charge in [-0.15, -0.1) is 19.7 Å². The number of anilines is 5. The molecule has 0 aromatic carbocycles. The molecule has 5 unspecified atom stereocenters. The average Bonchev–Trinajstić information content (AvgIpc) is 1.53. The summed E-state index contributed by atoms with van der Waals surface area (Å²) in [7, 11) is -3.95. The third kappa shape index (κ3) is 17.3. The number of nitrogens with two attached hydrogens (primary N) is 5. The number of nitrogens with zero attached hydrogens (tertiary/aromatic N) is 15. The molecule has 8 aliphatic rings. The Morgan fingerprint density at radius 2 is 0.664 bits per heavy atom. The van der Waals surface area contributed by atoms with Gasteiger partial charge in [-0.05, 0) is 205 Å². The van der Waals surface area contributed by atoms with E-state index < -0.39 is 115 Å². The minimum absolute atomic E-state index is 0.106. The minimum Gasteiger partial charge on any atom is -0.414 e. The lowest BCUT2D eigenvalue weighted by Gasteiger charge is -2.46. The Labute approximate surface area is 800 Å². The normalized spacial score (nSPS) is 33.2. The highest BCUT2D eigenvalue weighted by atomic mass is 28.4. The van der Waals surface area contributed by atoms with Gasteiger partial charge in [-0.3, -0.25) is 0 Å². The van der Waals surface area contributed by atoms with Gasteiger partial charge in [-0.2, -0.15) is 25.5 Å². The first-order valence-corrected chi connectivity index (χ1v) is 52.6. The summed E-state index contributed by atoms with van der Waals surface area (Å²) in [6.45, 7) is 54.3. The quantitative estimate of drug-likeness (QED) is 0.0118. The summed E-state index contributed by atoms with van der Waals surface area (Å²) in [5.74, 6) is -9.78. The van der Waals surface area contributed by atoms with Crippen LogP contribution in [0.1, 0.15) is 206 Å². The van der Waals surface area contributed by atoms with Crippen LogP contribution in [0.5, 0.6) is 0 Å². The molecule has 18 heterocycles. The number of hydrogen-bond acceptors (Lipinski definition) is 35. The number of rotatable bonds is 29. The molecule has 42 heteroatoms. The van der Waals surface area contributed by atoms with Crippen molar-refractivity contribution in [2.24, 2.45) is 11.8 Å². The van der Waals surface area contributed by atoms with Gasteiger partial charge < -0.3 is 125 Å². The van der Waals surface area contributed by atoms with Crippen molar-refractivity contribution < 1.29 is 96.0 Å². The van der Waals surface area contributed by atoms with Crippen molar-refractivity contribution in [2.45, 2.75) is 337 Å². The van der Waals surface area contributed by atoms with E-state index in [4.69, 9.17) is 99.1 Å². The van der Waals surface area contributed by atoms with Crippen LogP contribution in [0, 0.1) is 11.8 Å². The number of ether oxygens (including phenoxy) is 13. The Hall–Kier alpha value is -9.05. The highest BCUT2D eigenvalue weighted by molar-refractivity contribution is 6.74. The van der Waals surface area contributed by atoms with Gasteiger partial charge in [0.1, 0.15) is 117 Å². The number of hydrogen-bond donors (Lipinski definition) is 10. The number of aliphatic hydroxyl groups is 5. The van der Waals surface area contributed by atoms with E-state index >= 15 is 0 Å². The summed E-state index contributed by atoms with van der Waals surface area (Å²) < 4.78 is 101. The number of fused-ring (bicyclic) bond motifs is 8. The van der Waals surface area contributed by atoms with Gasteiger partial charge in [0.2, 0.25) is 28.9 Å². The van der Waals surface area contributed by atoms with E-state index in [0.29, 0.717) is 124 Å². The van der Waals surface area contributed by atoms with Crippen LogP contribution in [0.3, 0.4) is 0 Å². The molecule has 18 rings (SSSR count). The fourth-order valence-electron chi connectivity index (χ4n) is 21.6. The van der Waals surface area contributed by atoms with Crippen LogP contribution in [0.15, 0.2) is 130 Å². The van der Waals surface area contributed by atoms with Gasteiger partial charge in [0.15, 0.2) is 79.9 Å². The van der Waals surface area contributed by atoms with Crippen LogP contribution in [0.4, 0.5) is 29.1 Å². The zero-order valence-electron chi connectivity index (χ0n) is 82.8. The van der Waals surface area contributed by atoms with E-state index in [1.54, 1.807) is 65.2 Å². The monoisotopic (exact) mass is 1940 g/mol. The fraction of sp³-hybridized carbons (Fsp3) is 0.621. The molecule has 137 heavy (non-hydrogen) atoms. The van der Waals surface area contributed by atoms with Gasteiger partial charge in [0.25, 0.3) is 0 Å². The SMILES string of the molecule is C=CCC[C@@H]1[C@@H](COCC=C)OC(O)(c2ccc3c(N)ncnn23)[C@]1(C)OCC=C.CC[C@H]1OC(O)(c2ccc3c(N)ncnn23)[C@]2(C)OC(C)(C)O[C@H]12.CC[C@H]1OC(O)(c2ccc3c(N)ncnn23)[C@]2(C)OC(C)(C)O[C@H]12.CC[C@H]1OC(O)(c2ccc3c(N)ncnn23)[C@]2(C)OC(C)(C)O[C@H]12.CC[Si](CC)(CC)OC[C@H]1OC(O)(c2ccc3c(N)ncnn23)[C@](C)(O[Si](CC)(CC)CC)[C@@H]1C. The summed E-state index contributed by atoms with van der Waals surface area (Å²) in [5.41, 5.74) is 29.7. The maximum atomic E-state index is 12.5. The standard InChI is InChI=1S/C25H46N4O4Si2.C22H30N4O4.3C16H22N4O4/c1-9-34(10-2,11-3)31-17-21-19(7)24(8,33-35(12-4,13-5)14-6)25(30,32-21)22-16-15-20-23(26)27-18-28-29(20)22;1-5-8-9-16-18(14-28-12-6-2)30-22(27,21(16,4)29-13-7-3)19-11-10-17-20(23)24-15-25-26(17)19;3*1-5-10-12-15(4,24-14(2,3)23-12)16(21,22-10)11-7-6-9-13(17)18-8-19-20(9)11/h15-16,18-19,21,30H,9-14,17H2,1-8H3,(H2,26,27,28);5-7,10-11,15-16,18,27H,1-3,8-9,12-14H2,4H3,(H2,23,24,25);3*6-8,10,12,21H,5H2,1-4H3,(H2,17,18,19)/t19-,21-,24-,25?;16-,18-,21-,22?;3*10-,12-,15-,16?/m11111/s1. The molecule has 0 aliphatic carbocycles. The van der Waals surface area contributed by atoms with Crippen LogP contribution in [0.2, 0.25) is 36.3 Å². The Kier molecular flexibility index (Phi) is 29.1. The van der Waals surface area contributed by atoms with Crippen molar-refractivity contribution in [1.82, 2.24) is 73.0 Å². The Morgan fingerprint density at radius 3 is 0.956 bits per heavy atom. The number of allylic oxidation sites excluding steroid dienone is 1. The Balaban J connectivity index is 0.000000138. The highest BCUT2D eigenvalue weighted by Gasteiger charge is 2.76. The van der Waals surface area contributed by atoms with Crippen molar-refractivity contribution in [3.63, 3.8) is 0 Å². The topological polar surface area (TPSA) is 521 Å². The first-order valence-electron chi connectivity index (χ1n) is 47.6. The molecule has 10 aromatic heterocycles. The molecule has 10 aromatic rings. The van der Waals surface area contributed by atoms with Crippen molar-refractivity contribution in [2.75, 3.05) is 55.1 Å². The molecule has 15 N–H and O–H groups in total. The molecular formula is C95H142N20O20Si2. The summed E-state index contributed by atoms with van der Waals surface area (Å²) in [5, 5.41) is 80.4. The first-order chi connectivity index (χ1) is 64.6. The second-order valence-electron chi connectivity index (χ2n) is 38.8. The van der Waals surface area contributed by atoms with Crippen molar-refractivity contribution in [3.8, 4) is 0 Å². The van der Waals surface area contributed by atoms with Crippen molar-refractivity contribution >= 4 is 73.3 Å². The summed E-state index contributed by atoms with van der Waals surface area (Å²) >= 11 is 0. The van der Waals surface area contributed by atoms with E-state index in [2.05, 4.69) is 119 Å². The highest BCUT2D eigenvalue weighted by Crippen LogP contribution is 2.61. The first kappa shape index (κ1) is 104. The Bertz CT molecular complexity index is 5640. The van der Waals surface area contributed by atoms with Crippen molar-refractivity contribution in [3.05, 3.63) is 159 Å². The molecule has 0 bridgehead atoms. The summed E-state index contributed by atoms with van der Waals surface area (Å²) in [6, 6.07) is 23.7. The predicted molar refractivity (Wildman–Crippen MR) is 515 cm³/mol.